The zero-order valence-electron chi connectivity index (χ0n) is 14.2. The van der Waals surface area contributed by atoms with Crippen LogP contribution in [-0.4, -0.2) is 44.9 Å². The van der Waals surface area contributed by atoms with E-state index in [1.807, 2.05) is 25.1 Å². The second kappa shape index (κ2) is 5.11. The fraction of sp³-hybridized carbons (Fsp3) is 0.688. The lowest BCUT2D eigenvalue weighted by atomic mass is 10.1. The van der Waals surface area contributed by atoms with E-state index in [2.05, 4.69) is 37.2 Å². The molecule has 6 nitrogen and oxygen atoms in total. The molecule has 2 aliphatic heterocycles. The van der Waals surface area contributed by atoms with E-state index in [1.165, 1.54) is 0 Å². The summed E-state index contributed by atoms with van der Waals surface area (Å²) >= 11 is 0. The summed E-state index contributed by atoms with van der Waals surface area (Å²) in [6.07, 6.45) is 1.83. The van der Waals surface area contributed by atoms with Gasteiger partial charge in [0.25, 0.3) is 0 Å². The molecule has 1 aromatic heterocycles. The predicted octanol–water partition coefficient (Wildman–Crippen LogP) is 2.90. The first kappa shape index (κ1) is 15.1. The fourth-order valence-corrected chi connectivity index (χ4v) is 3.07. The number of anilines is 1. The van der Waals surface area contributed by atoms with Gasteiger partial charge in [0.15, 0.2) is 5.84 Å². The van der Waals surface area contributed by atoms with E-state index in [1.54, 1.807) is 4.90 Å². The normalized spacial score (nSPS) is 21.0. The number of aliphatic imine (C=N–C) groups is 1. The van der Waals surface area contributed by atoms with Gasteiger partial charge in [-0.25, -0.2) is 9.78 Å². The maximum atomic E-state index is 13.0. The molecule has 2 amide bonds. The SMILES string of the molecule is CC(C)[C@H]1CN2C(=O)N(C(C)C)c3c(ncn3C(C)C)C2=N1. The van der Waals surface area contributed by atoms with Crippen LogP contribution in [0.2, 0.25) is 0 Å². The summed E-state index contributed by atoms with van der Waals surface area (Å²) in [4.78, 5) is 26.0. The highest BCUT2D eigenvalue weighted by Gasteiger charge is 2.44. The van der Waals surface area contributed by atoms with Crippen molar-refractivity contribution in [2.24, 2.45) is 10.9 Å². The Morgan fingerprint density at radius 3 is 2.36 bits per heavy atom. The number of hydrogen-bond acceptors (Lipinski definition) is 3. The van der Waals surface area contributed by atoms with Crippen LogP contribution in [0.3, 0.4) is 0 Å². The molecule has 0 aromatic carbocycles. The minimum absolute atomic E-state index is 0.0202. The van der Waals surface area contributed by atoms with E-state index in [9.17, 15) is 4.79 Å². The summed E-state index contributed by atoms with van der Waals surface area (Å²) in [5.41, 5.74) is 0.838. The number of amides is 2. The van der Waals surface area contributed by atoms with Crippen LogP contribution >= 0.6 is 0 Å². The van der Waals surface area contributed by atoms with Gasteiger partial charge in [-0.3, -0.25) is 14.8 Å². The van der Waals surface area contributed by atoms with Crippen molar-refractivity contribution in [2.75, 3.05) is 11.4 Å². The lowest BCUT2D eigenvalue weighted by Gasteiger charge is -2.37. The van der Waals surface area contributed by atoms with E-state index < -0.39 is 0 Å². The number of imidazole rings is 1. The molecule has 0 bridgehead atoms. The van der Waals surface area contributed by atoms with Crippen molar-refractivity contribution in [3.63, 3.8) is 0 Å². The van der Waals surface area contributed by atoms with Gasteiger partial charge in [0, 0.05) is 12.1 Å². The Balaban J connectivity index is 2.16. The minimum Gasteiger partial charge on any atom is -0.314 e. The van der Waals surface area contributed by atoms with Crippen LogP contribution in [-0.2, 0) is 0 Å². The van der Waals surface area contributed by atoms with Crippen LogP contribution in [0.4, 0.5) is 10.6 Å². The van der Waals surface area contributed by atoms with E-state index in [4.69, 9.17) is 4.99 Å². The van der Waals surface area contributed by atoms with Gasteiger partial charge < -0.3 is 4.57 Å². The highest BCUT2D eigenvalue weighted by molar-refractivity contribution is 6.18. The van der Waals surface area contributed by atoms with E-state index >= 15 is 0 Å². The van der Waals surface area contributed by atoms with Crippen LogP contribution < -0.4 is 4.90 Å². The molecule has 0 spiro atoms. The number of hydrogen-bond donors (Lipinski definition) is 0. The van der Waals surface area contributed by atoms with Crippen molar-refractivity contribution in [2.45, 2.75) is 59.7 Å². The summed E-state index contributed by atoms with van der Waals surface area (Å²) in [6.45, 7) is 13.2. The Kier molecular flexibility index (Phi) is 3.50. The van der Waals surface area contributed by atoms with Crippen molar-refractivity contribution >= 4 is 17.7 Å². The molecular formula is C16H25N5O. The number of carbonyl (C=O) groups excluding carboxylic acids is 1. The Bertz CT molecular complexity index is 628. The van der Waals surface area contributed by atoms with Crippen molar-refractivity contribution in [3.05, 3.63) is 12.0 Å². The molecule has 3 heterocycles. The molecule has 6 heteroatoms. The smallest absolute Gasteiger partial charge is 0.314 e. The lowest BCUT2D eigenvalue weighted by molar-refractivity contribution is 0.223. The summed E-state index contributed by atoms with van der Waals surface area (Å²) in [6, 6.07) is 0.509. The third-order valence-corrected chi connectivity index (χ3v) is 4.40. The highest BCUT2D eigenvalue weighted by atomic mass is 16.2. The summed E-state index contributed by atoms with van der Waals surface area (Å²) in [7, 11) is 0. The molecule has 120 valence electrons. The number of rotatable bonds is 3. The Morgan fingerprint density at radius 2 is 1.82 bits per heavy atom. The number of fused-ring (bicyclic) bond motifs is 3. The van der Waals surface area contributed by atoms with Crippen LogP contribution in [0.15, 0.2) is 11.3 Å². The zero-order valence-corrected chi connectivity index (χ0v) is 14.2. The molecule has 0 N–H and O–H groups in total. The molecule has 0 saturated carbocycles. The van der Waals surface area contributed by atoms with Crippen LogP contribution in [0.1, 0.15) is 53.3 Å². The van der Waals surface area contributed by atoms with Gasteiger partial charge in [-0.05, 0) is 33.6 Å². The van der Waals surface area contributed by atoms with Crippen LogP contribution in [0.25, 0.3) is 0 Å². The molecule has 0 unspecified atom stereocenters. The van der Waals surface area contributed by atoms with Crippen molar-refractivity contribution in [1.82, 2.24) is 14.5 Å². The van der Waals surface area contributed by atoms with Gasteiger partial charge in [-0.2, -0.15) is 0 Å². The number of aromatic nitrogens is 2. The van der Waals surface area contributed by atoms with Gasteiger partial charge in [-0.1, -0.05) is 13.8 Å². The van der Waals surface area contributed by atoms with Gasteiger partial charge in [0.1, 0.15) is 11.5 Å². The first-order valence-corrected chi connectivity index (χ1v) is 8.08. The molecule has 0 radical (unpaired) electrons. The third kappa shape index (κ3) is 2.04. The van der Waals surface area contributed by atoms with Crippen molar-refractivity contribution in [3.8, 4) is 0 Å². The first-order valence-electron chi connectivity index (χ1n) is 8.08. The number of carbonyl (C=O) groups is 1. The predicted molar refractivity (Wildman–Crippen MR) is 87.5 cm³/mol. The largest absolute Gasteiger partial charge is 0.331 e. The molecular weight excluding hydrogens is 278 g/mol. The zero-order chi connectivity index (χ0) is 16.2. The molecule has 22 heavy (non-hydrogen) atoms. The average molecular weight is 303 g/mol. The Labute approximate surface area is 131 Å². The monoisotopic (exact) mass is 303 g/mol. The van der Waals surface area contributed by atoms with E-state index in [0.29, 0.717) is 12.5 Å². The van der Waals surface area contributed by atoms with E-state index in [0.717, 1.165) is 17.3 Å². The maximum absolute atomic E-state index is 13.0. The Morgan fingerprint density at radius 1 is 1.14 bits per heavy atom. The molecule has 0 saturated heterocycles. The van der Waals surface area contributed by atoms with Crippen molar-refractivity contribution < 1.29 is 4.79 Å². The summed E-state index contributed by atoms with van der Waals surface area (Å²) in [5.74, 6) is 2.04. The molecule has 2 aliphatic rings. The molecule has 3 rings (SSSR count). The Hall–Kier alpha value is -1.85. The summed E-state index contributed by atoms with van der Waals surface area (Å²) in [5, 5.41) is 0. The molecule has 0 aliphatic carbocycles. The number of urea groups is 1. The second-order valence-electron chi connectivity index (χ2n) is 7.04. The standard InChI is InChI=1S/C16H25N5O/c1-9(2)12-7-19-14(18-12)13-15(20(8-17-13)10(3)4)21(11(5)6)16(19)22/h8-12H,7H2,1-6H3/t12-/m1/s1. The van der Waals surface area contributed by atoms with Gasteiger partial charge in [-0.15, -0.1) is 0 Å². The first-order chi connectivity index (χ1) is 10.3. The molecule has 0 fully saturated rings. The van der Waals surface area contributed by atoms with Gasteiger partial charge >= 0.3 is 6.03 Å². The van der Waals surface area contributed by atoms with Crippen molar-refractivity contribution in [1.29, 1.82) is 0 Å². The maximum Gasteiger partial charge on any atom is 0.331 e. The summed E-state index contributed by atoms with van der Waals surface area (Å²) < 4.78 is 2.07. The molecule has 1 atom stereocenters. The van der Waals surface area contributed by atoms with Crippen LogP contribution in [0.5, 0.6) is 0 Å². The van der Waals surface area contributed by atoms with Crippen LogP contribution in [0, 0.1) is 5.92 Å². The molecule has 1 aromatic rings. The van der Waals surface area contributed by atoms with Gasteiger partial charge in [0.2, 0.25) is 0 Å². The average Bonchev–Trinajstić information content (AvgIpc) is 3.01. The number of nitrogens with zero attached hydrogens (tertiary/aromatic N) is 5. The fourth-order valence-electron chi connectivity index (χ4n) is 3.07. The number of amidine groups is 1. The minimum atomic E-state index is 0.0202. The topological polar surface area (TPSA) is 53.7 Å². The lowest BCUT2D eigenvalue weighted by Crippen LogP contribution is -2.53. The third-order valence-electron chi connectivity index (χ3n) is 4.40. The quantitative estimate of drug-likeness (QED) is 0.862. The van der Waals surface area contributed by atoms with Gasteiger partial charge in [0.05, 0.1) is 18.9 Å². The van der Waals surface area contributed by atoms with E-state index in [-0.39, 0.29) is 24.2 Å². The highest BCUT2D eigenvalue weighted by Crippen LogP contribution is 2.35. The second-order valence-corrected chi connectivity index (χ2v) is 7.04.